The van der Waals surface area contributed by atoms with E-state index < -0.39 is 5.54 Å². The van der Waals surface area contributed by atoms with Crippen LogP contribution in [0.25, 0.3) is 0 Å². The number of nitriles is 1. The molecule has 2 unspecified atom stereocenters. The number of rotatable bonds is 2. The molecule has 0 aliphatic carbocycles. The number of likely N-dealkylation sites (tertiary alicyclic amines) is 1. The van der Waals surface area contributed by atoms with Crippen LogP contribution in [0.2, 0.25) is 0 Å². The molecule has 0 radical (unpaired) electrons. The van der Waals surface area contributed by atoms with Crippen molar-refractivity contribution in [1.82, 2.24) is 4.90 Å². The molecule has 0 bridgehead atoms. The molecule has 2 atom stereocenters. The third kappa shape index (κ3) is 2.98. The molecular weight excluding hydrogens is 162 g/mol. The van der Waals surface area contributed by atoms with Gasteiger partial charge in [-0.3, -0.25) is 4.90 Å². The molecule has 1 rings (SSSR count). The normalized spacial score (nSPS) is 29.2. The van der Waals surface area contributed by atoms with Crippen molar-refractivity contribution in [2.45, 2.75) is 44.7 Å². The van der Waals surface area contributed by atoms with Crippen LogP contribution in [0.15, 0.2) is 0 Å². The first kappa shape index (κ1) is 10.5. The zero-order valence-electron chi connectivity index (χ0n) is 8.58. The van der Waals surface area contributed by atoms with E-state index in [2.05, 4.69) is 17.9 Å². The number of piperidine rings is 1. The minimum absolute atomic E-state index is 0.588. The number of nitrogens with zero attached hydrogens (tertiary/aromatic N) is 2. The first-order chi connectivity index (χ1) is 6.05. The molecule has 74 valence electrons. The molecule has 0 aromatic rings. The van der Waals surface area contributed by atoms with Gasteiger partial charge in [0.15, 0.2) is 0 Å². The highest BCUT2D eigenvalue weighted by Gasteiger charge is 2.26. The Balaban J connectivity index is 2.48. The van der Waals surface area contributed by atoms with Crippen LogP contribution in [0.4, 0.5) is 0 Å². The Labute approximate surface area is 80.5 Å². The third-order valence-electron chi connectivity index (χ3n) is 2.73. The Morgan fingerprint density at radius 3 is 2.85 bits per heavy atom. The van der Waals surface area contributed by atoms with Crippen molar-refractivity contribution in [3.8, 4) is 6.07 Å². The number of nitrogens with two attached hydrogens (primary N) is 1. The van der Waals surface area contributed by atoms with Crippen molar-refractivity contribution in [3.05, 3.63) is 0 Å². The van der Waals surface area contributed by atoms with Crippen molar-refractivity contribution in [3.63, 3.8) is 0 Å². The fraction of sp³-hybridized carbons (Fsp3) is 0.900. The van der Waals surface area contributed by atoms with Crippen LogP contribution < -0.4 is 5.73 Å². The largest absolute Gasteiger partial charge is 0.313 e. The van der Waals surface area contributed by atoms with E-state index in [-0.39, 0.29) is 0 Å². The van der Waals surface area contributed by atoms with E-state index in [4.69, 9.17) is 11.0 Å². The van der Waals surface area contributed by atoms with Crippen LogP contribution in [0.1, 0.15) is 33.1 Å². The minimum atomic E-state index is -0.689. The molecular formula is C10H19N3. The van der Waals surface area contributed by atoms with E-state index in [9.17, 15) is 0 Å². The second-order valence-corrected chi connectivity index (χ2v) is 4.34. The van der Waals surface area contributed by atoms with Crippen molar-refractivity contribution in [2.75, 3.05) is 13.1 Å². The van der Waals surface area contributed by atoms with Gasteiger partial charge in [-0.15, -0.1) is 0 Å². The van der Waals surface area contributed by atoms with E-state index in [0.29, 0.717) is 12.6 Å². The smallest absolute Gasteiger partial charge is 0.114 e. The highest BCUT2D eigenvalue weighted by Crippen LogP contribution is 2.17. The lowest BCUT2D eigenvalue weighted by Gasteiger charge is -2.36. The zero-order chi connectivity index (χ0) is 9.90. The number of hydrogen-bond acceptors (Lipinski definition) is 3. The fourth-order valence-corrected chi connectivity index (χ4v) is 1.85. The van der Waals surface area contributed by atoms with Crippen LogP contribution >= 0.6 is 0 Å². The lowest BCUT2D eigenvalue weighted by molar-refractivity contribution is 0.142. The first-order valence-corrected chi connectivity index (χ1v) is 4.99. The Morgan fingerprint density at radius 2 is 2.31 bits per heavy atom. The number of hydrogen-bond donors (Lipinski definition) is 1. The quantitative estimate of drug-likeness (QED) is 0.694. The summed E-state index contributed by atoms with van der Waals surface area (Å²) in [5.41, 5.74) is 5.12. The van der Waals surface area contributed by atoms with Crippen molar-refractivity contribution in [2.24, 2.45) is 5.73 Å². The van der Waals surface area contributed by atoms with E-state index >= 15 is 0 Å². The average Bonchev–Trinajstić information content (AvgIpc) is 2.09. The predicted octanol–water partition coefficient (Wildman–Crippen LogP) is 1.10. The zero-order valence-corrected chi connectivity index (χ0v) is 8.58. The maximum atomic E-state index is 8.81. The van der Waals surface area contributed by atoms with Gasteiger partial charge in [-0.05, 0) is 33.2 Å². The minimum Gasteiger partial charge on any atom is -0.313 e. The SMILES string of the molecule is CC1CCCCN1CC(C)(N)C#N. The van der Waals surface area contributed by atoms with Crippen LogP contribution in [-0.4, -0.2) is 29.6 Å². The van der Waals surface area contributed by atoms with E-state index in [1.54, 1.807) is 6.92 Å². The molecule has 1 saturated heterocycles. The summed E-state index contributed by atoms with van der Waals surface area (Å²) in [5, 5.41) is 8.81. The molecule has 1 fully saturated rings. The lowest BCUT2D eigenvalue weighted by atomic mass is 9.99. The molecule has 0 amide bonds. The van der Waals surface area contributed by atoms with E-state index in [0.717, 1.165) is 6.54 Å². The van der Waals surface area contributed by atoms with E-state index in [1.807, 2.05) is 0 Å². The van der Waals surface area contributed by atoms with Crippen LogP contribution in [0.5, 0.6) is 0 Å². The summed E-state index contributed by atoms with van der Waals surface area (Å²) in [6, 6.07) is 2.73. The van der Waals surface area contributed by atoms with Crippen molar-refractivity contribution in [1.29, 1.82) is 5.26 Å². The summed E-state index contributed by atoms with van der Waals surface area (Å²) in [7, 11) is 0. The summed E-state index contributed by atoms with van der Waals surface area (Å²) < 4.78 is 0. The molecule has 0 saturated carbocycles. The lowest BCUT2D eigenvalue weighted by Crippen LogP contribution is -2.50. The first-order valence-electron chi connectivity index (χ1n) is 4.99. The molecule has 3 heteroatoms. The van der Waals surface area contributed by atoms with Gasteiger partial charge in [-0.1, -0.05) is 6.42 Å². The van der Waals surface area contributed by atoms with Gasteiger partial charge in [0.2, 0.25) is 0 Å². The summed E-state index contributed by atoms with van der Waals surface area (Å²) in [5.74, 6) is 0. The molecule has 1 aliphatic heterocycles. The maximum Gasteiger partial charge on any atom is 0.114 e. The van der Waals surface area contributed by atoms with Gasteiger partial charge in [-0.2, -0.15) is 5.26 Å². The second-order valence-electron chi connectivity index (χ2n) is 4.34. The third-order valence-corrected chi connectivity index (χ3v) is 2.73. The molecule has 3 nitrogen and oxygen atoms in total. The Bertz CT molecular complexity index is 205. The van der Waals surface area contributed by atoms with Crippen LogP contribution in [0, 0.1) is 11.3 Å². The molecule has 0 aromatic heterocycles. The molecule has 0 aromatic carbocycles. The van der Waals surface area contributed by atoms with Crippen molar-refractivity contribution >= 4 is 0 Å². The standard InChI is InChI=1S/C10H19N3/c1-9-5-3-4-6-13(9)8-10(2,12)7-11/h9H,3-6,8,12H2,1-2H3. The maximum absolute atomic E-state index is 8.81. The molecule has 2 N–H and O–H groups in total. The topological polar surface area (TPSA) is 53.0 Å². The average molecular weight is 181 g/mol. The van der Waals surface area contributed by atoms with Crippen molar-refractivity contribution < 1.29 is 0 Å². The monoisotopic (exact) mass is 181 g/mol. The van der Waals surface area contributed by atoms with Gasteiger partial charge < -0.3 is 5.73 Å². The highest BCUT2D eigenvalue weighted by molar-refractivity contribution is 5.03. The highest BCUT2D eigenvalue weighted by atomic mass is 15.2. The van der Waals surface area contributed by atoms with Gasteiger partial charge >= 0.3 is 0 Å². The van der Waals surface area contributed by atoms with Gasteiger partial charge in [0.1, 0.15) is 5.54 Å². The second kappa shape index (κ2) is 4.08. The molecule has 13 heavy (non-hydrogen) atoms. The van der Waals surface area contributed by atoms with E-state index in [1.165, 1.54) is 19.3 Å². The molecule has 0 spiro atoms. The van der Waals surface area contributed by atoms with Gasteiger partial charge in [-0.25, -0.2) is 0 Å². The fourth-order valence-electron chi connectivity index (χ4n) is 1.85. The summed E-state index contributed by atoms with van der Waals surface area (Å²) in [6.45, 7) is 5.81. The molecule has 1 heterocycles. The Morgan fingerprint density at radius 1 is 1.62 bits per heavy atom. The summed E-state index contributed by atoms with van der Waals surface area (Å²) in [6.07, 6.45) is 3.79. The van der Waals surface area contributed by atoms with Gasteiger partial charge in [0.25, 0.3) is 0 Å². The van der Waals surface area contributed by atoms with Crippen LogP contribution in [0.3, 0.4) is 0 Å². The molecule has 1 aliphatic rings. The van der Waals surface area contributed by atoms with Gasteiger partial charge in [0.05, 0.1) is 6.07 Å². The van der Waals surface area contributed by atoms with Crippen LogP contribution in [-0.2, 0) is 0 Å². The summed E-state index contributed by atoms with van der Waals surface area (Å²) in [4.78, 5) is 2.33. The Hall–Kier alpha value is -0.590. The predicted molar refractivity (Wildman–Crippen MR) is 53.1 cm³/mol. The van der Waals surface area contributed by atoms with Gasteiger partial charge in [0, 0.05) is 12.6 Å². The Kier molecular flexibility index (Phi) is 3.29. The summed E-state index contributed by atoms with van der Waals surface area (Å²) >= 11 is 0.